The third kappa shape index (κ3) is 4.66. The highest BCUT2D eigenvalue weighted by Gasteiger charge is 2.33. The fraction of sp³-hybridized carbons (Fsp3) is 0.423. The number of fused-ring (bicyclic) bond motifs is 2. The molecule has 176 valence electrons. The monoisotopic (exact) mass is 476 g/mol. The molecule has 0 radical (unpaired) electrons. The Morgan fingerprint density at radius 2 is 2.06 bits per heavy atom. The summed E-state index contributed by atoms with van der Waals surface area (Å²) >= 11 is 1.47. The van der Waals surface area contributed by atoms with Gasteiger partial charge in [0, 0.05) is 17.3 Å². The Labute approximate surface area is 203 Å². The average molecular weight is 477 g/mol. The second kappa shape index (κ2) is 9.51. The molecule has 2 atom stereocenters. The summed E-state index contributed by atoms with van der Waals surface area (Å²) in [5.74, 6) is -0.543. The van der Waals surface area contributed by atoms with Crippen LogP contribution in [0.2, 0.25) is 0 Å². The Hall–Kier alpha value is -3.31. The smallest absolute Gasteiger partial charge is 0.341 e. The van der Waals surface area contributed by atoms with E-state index >= 15 is 0 Å². The molecule has 34 heavy (non-hydrogen) atoms. The number of thiophene rings is 1. The van der Waals surface area contributed by atoms with Crippen molar-refractivity contribution in [1.29, 1.82) is 5.26 Å². The molecule has 1 aliphatic rings. The van der Waals surface area contributed by atoms with E-state index in [1.807, 2.05) is 0 Å². The lowest BCUT2D eigenvalue weighted by atomic mass is 9.72. The van der Waals surface area contributed by atoms with Gasteiger partial charge in [-0.15, -0.1) is 11.3 Å². The van der Waals surface area contributed by atoms with Gasteiger partial charge in [-0.1, -0.05) is 33.8 Å². The van der Waals surface area contributed by atoms with E-state index in [0.29, 0.717) is 33.9 Å². The average Bonchev–Trinajstić information content (AvgIpc) is 3.17. The van der Waals surface area contributed by atoms with Crippen LogP contribution in [0, 0.1) is 22.7 Å². The van der Waals surface area contributed by atoms with Crippen LogP contribution < -0.4 is 5.32 Å². The molecule has 1 aliphatic carbocycles. The summed E-state index contributed by atoms with van der Waals surface area (Å²) < 4.78 is 5.57. The second-order valence-electron chi connectivity index (χ2n) is 9.65. The Bertz CT molecular complexity index is 1280. The zero-order valence-electron chi connectivity index (χ0n) is 19.8. The Morgan fingerprint density at radius 1 is 1.29 bits per heavy atom. The topological polar surface area (TPSA) is 105 Å². The van der Waals surface area contributed by atoms with Crippen LogP contribution in [-0.2, 0) is 22.4 Å². The largest absolute Gasteiger partial charge is 0.449 e. The number of benzene rings is 1. The lowest BCUT2D eigenvalue weighted by molar-refractivity contribution is -0.124. The van der Waals surface area contributed by atoms with Gasteiger partial charge >= 0.3 is 5.97 Å². The number of carbonyl (C=O) groups excluding carboxylic acids is 2. The summed E-state index contributed by atoms with van der Waals surface area (Å²) in [5, 5.41) is 13.2. The molecule has 0 saturated carbocycles. The quantitative estimate of drug-likeness (QED) is 0.502. The van der Waals surface area contributed by atoms with Crippen molar-refractivity contribution in [2.45, 2.75) is 59.5 Å². The lowest BCUT2D eigenvalue weighted by Gasteiger charge is -2.33. The van der Waals surface area contributed by atoms with Gasteiger partial charge in [-0.05, 0) is 54.7 Å². The predicted molar refractivity (Wildman–Crippen MR) is 132 cm³/mol. The van der Waals surface area contributed by atoms with Crippen molar-refractivity contribution >= 4 is 39.2 Å². The van der Waals surface area contributed by atoms with Gasteiger partial charge < -0.3 is 10.1 Å². The summed E-state index contributed by atoms with van der Waals surface area (Å²) in [4.78, 5) is 35.5. The van der Waals surface area contributed by atoms with Gasteiger partial charge in [-0.3, -0.25) is 14.8 Å². The molecule has 4 rings (SSSR count). The molecular formula is C26H28N4O3S. The van der Waals surface area contributed by atoms with Crippen molar-refractivity contribution in [3.8, 4) is 6.07 Å². The normalized spacial score (nSPS) is 16.4. The zero-order chi connectivity index (χ0) is 24.5. The minimum absolute atomic E-state index is 0.186. The first-order chi connectivity index (χ1) is 16.2. The molecule has 0 spiro atoms. The zero-order valence-corrected chi connectivity index (χ0v) is 20.7. The third-order valence-electron chi connectivity index (χ3n) is 6.47. The number of hydrogen-bond acceptors (Lipinski definition) is 7. The third-order valence-corrected chi connectivity index (χ3v) is 7.64. The number of hydrogen-bond donors (Lipinski definition) is 1. The van der Waals surface area contributed by atoms with Crippen LogP contribution in [0.1, 0.15) is 66.9 Å². The fourth-order valence-corrected chi connectivity index (χ4v) is 5.68. The van der Waals surface area contributed by atoms with Gasteiger partial charge in [0.05, 0.1) is 16.6 Å². The first-order valence-corrected chi connectivity index (χ1v) is 12.3. The van der Waals surface area contributed by atoms with Crippen molar-refractivity contribution in [2.24, 2.45) is 11.3 Å². The number of carbonyl (C=O) groups is 2. The minimum Gasteiger partial charge on any atom is -0.449 e. The van der Waals surface area contributed by atoms with E-state index in [9.17, 15) is 14.9 Å². The van der Waals surface area contributed by atoms with Crippen molar-refractivity contribution in [1.82, 2.24) is 9.97 Å². The molecule has 2 heterocycles. The van der Waals surface area contributed by atoms with E-state index in [1.165, 1.54) is 17.5 Å². The summed E-state index contributed by atoms with van der Waals surface area (Å²) in [6.45, 7) is 8.50. The SMILES string of the molecule is CCC(OC(=O)c1cccc2nccnc12)C(=O)Nc1sc2c(c1C#N)CCC(C(C)(C)C)C2. The summed E-state index contributed by atoms with van der Waals surface area (Å²) in [5.41, 5.74) is 3.02. The van der Waals surface area contributed by atoms with Gasteiger partial charge in [0.2, 0.25) is 0 Å². The molecule has 1 amide bonds. The molecule has 1 aromatic carbocycles. The number of nitriles is 1. The van der Waals surface area contributed by atoms with Gasteiger partial charge in [0.25, 0.3) is 5.91 Å². The number of anilines is 1. The molecule has 3 aromatic rings. The maximum atomic E-state index is 13.1. The highest BCUT2D eigenvalue weighted by atomic mass is 32.1. The van der Waals surface area contributed by atoms with Gasteiger partial charge in [-0.25, -0.2) is 4.79 Å². The molecule has 7 nitrogen and oxygen atoms in total. The second-order valence-corrected chi connectivity index (χ2v) is 10.8. The Balaban J connectivity index is 1.52. The number of ether oxygens (including phenoxy) is 1. The Morgan fingerprint density at radius 3 is 2.76 bits per heavy atom. The maximum Gasteiger partial charge on any atom is 0.341 e. The van der Waals surface area contributed by atoms with Crippen LogP contribution in [0.25, 0.3) is 11.0 Å². The first kappa shape index (κ1) is 23.8. The van der Waals surface area contributed by atoms with Gasteiger partial charge in [0.15, 0.2) is 6.10 Å². The van der Waals surface area contributed by atoms with Crippen LogP contribution in [-0.4, -0.2) is 27.9 Å². The van der Waals surface area contributed by atoms with E-state index in [4.69, 9.17) is 4.74 Å². The van der Waals surface area contributed by atoms with Crippen molar-refractivity contribution in [3.63, 3.8) is 0 Å². The highest BCUT2D eigenvalue weighted by Crippen LogP contribution is 2.44. The van der Waals surface area contributed by atoms with Crippen LogP contribution in [0.15, 0.2) is 30.6 Å². The first-order valence-electron chi connectivity index (χ1n) is 11.5. The number of nitrogens with one attached hydrogen (secondary N) is 1. The number of nitrogens with zero attached hydrogens (tertiary/aromatic N) is 3. The van der Waals surface area contributed by atoms with E-state index in [2.05, 4.69) is 42.1 Å². The van der Waals surface area contributed by atoms with Crippen LogP contribution in [0.4, 0.5) is 5.00 Å². The molecule has 0 fully saturated rings. The number of rotatable bonds is 5. The lowest BCUT2D eigenvalue weighted by Crippen LogP contribution is -2.32. The van der Waals surface area contributed by atoms with E-state index in [-0.39, 0.29) is 11.0 Å². The Kier molecular flexibility index (Phi) is 6.67. The number of aromatic nitrogens is 2. The van der Waals surface area contributed by atoms with E-state index in [1.54, 1.807) is 31.3 Å². The van der Waals surface area contributed by atoms with Gasteiger partial charge in [0.1, 0.15) is 16.6 Å². The van der Waals surface area contributed by atoms with Crippen LogP contribution in [0.5, 0.6) is 0 Å². The summed E-state index contributed by atoms with van der Waals surface area (Å²) in [6.07, 6.45) is 5.13. The maximum absolute atomic E-state index is 13.1. The fourth-order valence-electron chi connectivity index (χ4n) is 4.40. The molecule has 0 bridgehead atoms. The molecule has 2 aromatic heterocycles. The molecule has 0 aliphatic heterocycles. The molecule has 8 heteroatoms. The summed E-state index contributed by atoms with van der Waals surface area (Å²) in [7, 11) is 0. The minimum atomic E-state index is -0.993. The van der Waals surface area contributed by atoms with Crippen LogP contribution in [0.3, 0.4) is 0 Å². The van der Waals surface area contributed by atoms with E-state index in [0.717, 1.165) is 29.7 Å². The summed E-state index contributed by atoms with van der Waals surface area (Å²) in [6, 6.07) is 7.35. The van der Waals surface area contributed by atoms with E-state index < -0.39 is 18.0 Å². The molecular weight excluding hydrogens is 448 g/mol. The number of amides is 1. The molecule has 2 unspecified atom stereocenters. The van der Waals surface area contributed by atoms with Crippen LogP contribution >= 0.6 is 11.3 Å². The van der Waals surface area contributed by atoms with Crippen molar-refractivity contribution in [2.75, 3.05) is 5.32 Å². The molecule has 0 saturated heterocycles. The predicted octanol–water partition coefficient (Wildman–Crippen LogP) is 5.29. The van der Waals surface area contributed by atoms with Gasteiger partial charge in [-0.2, -0.15) is 5.26 Å². The van der Waals surface area contributed by atoms with Crippen molar-refractivity contribution < 1.29 is 14.3 Å². The molecule has 1 N–H and O–H groups in total. The number of para-hydroxylation sites is 1. The highest BCUT2D eigenvalue weighted by molar-refractivity contribution is 7.16. The number of esters is 1. The van der Waals surface area contributed by atoms with Crippen molar-refractivity contribution in [3.05, 3.63) is 52.2 Å². The standard InChI is InChI=1S/C26H28N4O3S/c1-5-20(33-25(32)17-7-6-8-19-22(17)29-12-11-28-19)23(31)30-24-18(14-27)16-10-9-15(26(2,3)4)13-21(16)34-24/h6-8,11-12,15,20H,5,9-10,13H2,1-4H3,(H,30,31).